The first-order chi connectivity index (χ1) is 7.11. The normalized spacial score (nSPS) is 11.6. The van der Waals surface area contributed by atoms with E-state index in [4.69, 9.17) is 4.18 Å². The van der Waals surface area contributed by atoms with E-state index in [0.29, 0.717) is 6.42 Å². The van der Waals surface area contributed by atoms with Gasteiger partial charge in [0.1, 0.15) is 0 Å². The second-order valence-corrected chi connectivity index (χ2v) is 5.28. The van der Waals surface area contributed by atoms with Crippen molar-refractivity contribution >= 4 is 26.0 Å². The summed E-state index contributed by atoms with van der Waals surface area (Å²) in [4.78, 5) is 0.270. The van der Waals surface area contributed by atoms with Crippen LogP contribution in [0.3, 0.4) is 0 Å². The SMILES string of the molecule is CCOS(=O)(=O)c1ccccc1CCBr. The van der Waals surface area contributed by atoms with Crippen LogP contribution < -0.4 is 0 Å². The highest BCUT2D eigenvalue weighted by atomic mass is 79.9. The molecular weight excluding hydrogens is 280 g/mol. The molecule has 1 aromatic carbocycles. The van der Waals surface area contributed by atoms with Gasteiger partial charge in [-0.2, -0.15) is 8.42 Å². The molecule has 0 aliphatic heterocycles. The van der Waals surface area contributed by atoms with Crippen LogP contribution in [0.1, 0.15) is 12.5 Å². The van der Waals surface area contributed by atoms with E-state index < -0.39 is 10.1 Å². The van der Waals surface area contributed by atoms with E-state index in [9.17, 15) is 8.42 Å². The molecule has 0 saturated carbocycles. The third-order valence-electron chi connectivity index (χ3n) is 1.88. The van der Waals surface area contributed by atoms with Gasteiger partial charge >= 0.3 is 0 Å². The van der Waals surface area contributed by atoms with Gasteiger partial charge in [0.15, 0.2) is 0 Å². The molecule has 15 heavy (non-hydrogen) atoms. The molecule has 0 bridgehead atoms. The molecule has 0 aliphatic rings. The van der Waals surface area contributed by atoms with Gasteiger partial charge in [-0.1, -0.05) is 34.1 Å². The summed E-state index contributed by atoms with van der Waals surface area (Å²) in [5.74, 6) is 0. The summed E-state index contributed by atoms with van der Waals surface area (Å²) in [5.41, 5.74) is 0.780. The summed E-state index contributed by atoms with van der Waals surface area (Å²) in [7, 11) is -3.58. The molecule has 0 unspecified atom stereocenters. The summed E-state index contributed by atoms with van der Waals surface area (Å²) < 4.78 is 28.1. The molecule has 0 amide bonds. The lowest BCUT2D eigenvalue weighted by molar-refractivity contribution is 0.337. The minimum absolute atomic E-state index is 0.158. The highest BCUT2D eigenvalue weighted by Crippen LogP contribution is 2.18. The maximum Gasteiger partial charge on any atom is 0.297 e. The number of rotatable bonds is 5. The average Bonchev–Trinajstić information content (AvgIpc) is 2.19. The van der Waals surface area contributed by atoms with Crippen molar-refractivity contribution in [3.63, 3.8) is 0 Å². The topological polar surface area (TPSA) is 43.4 Å². The fraction of sp³-hybridized carbons (Fsp3) is 0.400. The molecule has 0 spiro atoms. The largest absolute Gasteiger partial charge is 0.297 e. The molecule has 1 rings (SSSR count). The zero-order valence-corrected chi connectivity index (χ0v) is 10.8. The summed E-state index contributed by atoms with van der Waals surface area (Å²) in [5, 5.41) is 0.728. The summed E-state index contributed by atoms with van der Waals surface area (Å²) in [6, 6.07) is 6.89. The lowest BCUT2D eigenvalue weighted by Crippen LogP contribution is -2.09. The lowest BCUT2D eigenvalue weighted by atomic mass is 10.2. The zero-order chi connectivity index (χ0) is 11.3. The van der Waals surface area contributed by atoms with E-state index in [1.807, 2.05) is 6.07 Å². The van der Waals surface area contributed by atoms with E-state index in [0.717, 1.165) is 10.9 Å². The molecule has 0 aliphatic carbocycles. The van der Waals surface area contributed by atoms with Crippen LogP contribution in [-0.4, -0.2) is 20.4 Å². The van der Waals surface area contributed by atoms with Crippen LogP contribution in [0.15, 0.2) is 29.2 Å². The Hall–Kier alpha value is -0.390. The molecule has 0 aromatic heterocycles. The fourth-order valence-corrected chi connectivity index (χ4v) is 2.88. The maximum absolute atomic E-state index is 11.7. The number of halogens is 1. The molecule has 0 N–H and O–H groups in total. The van der Waals surface area contributed by atoms with Crippen molar-refractivity contribution < 1.29 is 12.6 Å². The standard InChI is InChI=1S/C10H13BrO3S/c1-2-14-15(12,13)10-6-4-3-5-9(10)7-8-11/h3-6H,2,7-8H2,1H3. The third kappa shape index (κ3) is 3.29. The van der Waals surface area contributed by atoms with Crippen LogP contribution in [0.4, 0.5) is 0 Å². The van der Waals surface area contributed by atoms with Crippen molar-refractivity contribution in [1.29, 1.82) is 0 Å². The summed E-state index contributed by atoms with van der Waals surface area (Å²) >= 11 is 3.29. The molecular formula is C10H13BrO3S. The fourth-order valence-electron chi connectivity index (χ4n) is 1.27. The Balaban J connectivity index is 3.12. The number of aryl methyl sites for hydroxylation is 1. The Bertz CT molecular complexity index is 414. The van der Waals surface area contributed by atoms with Gasteiger partial charge in [-0.15, -0.1) is 0 Å². The predicted octanol–water partition coefficient (Wildman–Crippen LogP) is 2.35. The lowest BCUT2D eigenvalue weighted by Gasteiger charge is -2.08. The van der Waals surface area contributed by atoms with Crippen LogP contribution >= 0.6 is 15.9 Å². The highest BCUT2D eigenvalue weighted by Gasteiger charge is 2.17. The Labute approximate surface area is 98.7 Å². The zero-order valence-electron chi connectivity index (χ0n) is 8.44. The van der Waals surface area contributed by atoms with Crippen molar-refractivity contribution in [3.8, 4) is 0 Å². The number of hydrogen-bond acceptors (Lipinski definition) is 3. The molecule has 3 nitrogen and oxygen atoms in total. The summed E-state index contributed by atoms with van der Waals surface area (Å²) in [6.07, 6.45) is 0.669. The number of alkyl halides is 1. The maximum atomic E-state index is 11.7. The van der Waals surface area contributed by atoms with Crippen molar-refractivity contribution in [2.45, 2.75) is 18.2 Å². The number of hydrogen-bond donors (Lipinski definition) is 0. The van der Waals surface area contributed by atoms with Gasteiger partial charge in [-0.3, -0.25) is 4.18 Å². The van der Waals surface area contributed by atoms with E-state index in [1.54, 1.807) is 25.1 Å². The first-order valence-corrected chi connectivity index (χ1v) is 7.18. The quantitative estimate of drug-likeness (QED) is 0.618. The molecule has 0 saturated heterocycles. The van der Waals surface area contributed by atoms with Gasteiger partial charge in [-0.25, -0.2) is 0 Å². The molecule has 1 aromatic rings. The van der Waals surface area contributed by atoms with Crippen molar-refractivity contribution in [1.82, 2.24) is 0 Å². The molecule has 0 fully saturated rings. The minimum atomic E-state index is -3.58. The van der Waals surface area contributed by atoms with Gasteiger partial charge in [0.05, 0.1) is 11.5 Å². The molecule has 84 valence electrons. The molecule has 0 radical (unpaired) electrons. The number of benzene rings is 1. The van der Waals surface area contributed by atoms with E-state index in [-0.39, 0.29) is 11.5 Å². The second-order valence-electron chi connectivity index (χ2n) is 2.91. The third-order valence-corrected chi connectivity index (χ3v) is 3.76. The van der Waals surface area contributed by atoms with Crippen LogP contribution in [0.2, 0.25) is 0 Å². The smallest absolute Gasteiger partial charge is 0.267 e. The first kappa shape index (κ1) is 12.7. The Morgan fingerprint density at radius 3 is 2.60 bits per heavy atom. The van der Waals surface area contributed by atoms with Gasteiger partial charge in [0.25, 0.3) is 10.1 Å². The minimum Gasteiger partial charge on any atom is -0.267 e. The average molecular weight is 293 g/mol. The molecule has 5 heteroatoms. The Kier molecular flexibility index (Phi) is 4.76. The Morgan fingerprint density at radius 2 is 2.00 bits per heavy atom. The Morgan fingerprint density at radius 1 is 1.33 bits per heavy atom. The first-order valence-electron chi connectivity index (χ1n) is 4.65. The van der Waals surface area contributed by atoms with Crippen LogP contribution in [0, 0.1) is 0 Å². The van der Waals surface area contributed by atoms with Gasteiger partial charge in [0.2, 0.25) is 0 Å². The van der Waals surface area contributed by atoms with Crippen molar-refractivity contribution in [2.24, 2.45) is 0 Å². The second kappa shape index (κ2) is 5.63. The van der Waals surface area contributed by atoms with Crippen molar-refractivity contribution in [2.75, 3.05) is 11.9 Å². The van der Waals surface area contributed by atoms with Gasteiger partial charge in [0, 0.05) is 5.33 Å². The van der Waals surface area contributed by atoms with E-state index >= 15 is 0 Å². The van der Waals surface area contributed by atoms with Crippen LogP contribution in [-0.2, 0) is 20.7 Å². The van der Waals surface area contributed by atoms with E-state index in [1.165, 1.54) is 0 Å². The monoisotopic (exact) mass is 292 g/mol. The van der Waals surface area contributed by atoms with E-state index in [2.05, 4.69) is 15.9 Å². The van der Waals surface area contributed by atoms with Crippen LogP contribution in [0.25, 0.3) is 0 Å². The van der Waals surface area contributed by atoms with Crippen molar-refractivity contribution in [3.05, 3.63) is 29.8 Å². The van der Waals surface area contributed by atoms with Gasteiger partial charge < -0.3 is 0 Å². The molecule has 0 atom stereocenters. The highest BCUT2D eigenvalue weighted by molar-refractivity contribution is 9.09. The summed E-state index contributed by atoms with van der Waals surface area (Å²) in [6.45, 7) is 1.82. The molecule has 0 heterocycles. The van der Waals surface area contributed by atoms with Crippen LogP contribution in [0.5, 0.6) is 0 Å². The van der Waals surface area contributed by atoms with Gasteiger partial charge in [-0.05, 0) is 25.0 Å². The predicted molar refractivity (Wildman–Crippen MR) is 62.8 cm³/mol.